The summed E-state index contributed by atoms with van der Waals surface area (Å²) in [6, 6.07) is 1.95. The van der Waals surface area contributed by atoms with Crippen LogP contribution >= 0.6 is 11.3 Å². The monoisotopic (exact) mass is 251 g/mol. The van der Waals surface area contributed by atoms with Crippen LogP contribution in [0.25, 0.3) is 0 Å². The van der Waals surface area contributed by atoms with Crippen molar-refractivity contribution in [1.82, 2.24) is 4.90 Å². The van der Waals surface area contributed by atoms with Crippen molar-refractivity contribution in [3.63, 3.8) is 0 Å². The molecule has 0 atom stereocenters. The van der Waals surface area contributed by atoms with E-state index < -0.39 is 0 Å². The fourth-order valence-corrected chi connectivity index (χ4v) is 2.45. The van der Waals surface area contributed by atoms with Gasteiger partial charge in [-0.3, -0.25) is 5.32 Å². The smallest absolute Gasteiger partial charge is 0.321 e. The number of hydrogen-bond donors (Lipinski definition) is 1. The molecule has 0 aromatic carbocycles. The first-order valence-corrected chi connectivity index (χ1v) is 6.15. The number of thiophene rings is 1. The molecule has 0 bridgehead atoms. The molecule has 0 unspecified atom stereocenters. The SMILES string of the molecule is CN(C)C(=O)Nc1scc(C(C)(C)C)c1C#N. The number of urea groups is 1. The van der Waals surface area contributed by atoms with Gasteiger partial charge in [-0.05, 0) is 16.4 Å². The molecule has 17 heavy (non-hydrogen) atoms. The van der Waals surface area contributed by atoms with E-state index in [1.165, 1.54) is 16.2 Å². The minimum absolute atomic E-state index is 0.0946. The van der Waals surface area contributed by atoms with Gasteiger partial charge in [0.05, 0.1) is 5.56 Å². The van der Waals surface area contributed by atoms with Crippen molar-refractivity contribution in [3.05, 3.63) is 16.5 Å². The van der Waals surface area contributed by atoms with Crippen LogP contribution in [0.15, 0.2) is 5.38 Å². The van der Waals surface area contributed by atoms with E-state index in [4.69, 9.17) is 0 Å². The van der Waals surface area contributed by atoms with Gasteiger partial charge in [-0.25, -0.2) is 4.79 Å². The first-order valence-electron chi connectivity index (χ1n) is 5.27. The lowest BCUT2D eigenvalue weighted by atomic mass is 9.86. The van der Waals surface area contributed by atoms with Gasteiger partial charge in [-0.2, -0.15) is 5.26 Å². The second-order valence-corrected chi connectivity index (χ2v) is 5.92. The number of amides is 2. The van der Waals surface area contributed by atoms with E-state index in [1.807, 2.05) is 26.2 Å². The molecule has 92 valence electrons. The number of anilines is 1. The summed E-state index contributed by atoms with van der Waals surface area (Å²) in [6.07, 6.45) is 0. The van der Waals surface area contributed by atoms with E-state index in [-0.39, 0.29) is 11.4 Å². The maximum atomic E-state index is 11.6. The summed E-state index contributed by atoms with van der Waals surface area (Å²) in [5, 5.41) is 14.5. The zero-order valence-electron chi connectivity index (χ0n) is 10.8. The zero-order valence-corrected chi connectivity index (χ0v) is 11.6. The Morgan fingerprint density at radius 2 is 2.06 bits per heavy atom. The molecule has 0 saturated carbocycles. The van der Waals surface area contributed by atoms with Crippen LogP contribution in [0.1, 0.15) is 31.9 Å². The Balaban J connectivity index is 3.09. The molecule has 1 N–H and O–H groups in total. The Bertz CT molecular complexity index is 463. The molecule has 0 spiro atoms. The fourth-order valence-electron chi connectivity index (χ4n) is 1.32. The number of carbonyl (C=O) groups excluding carboxylic acids is 1. The van der Waals surface area contributed by atoms with Crippen LogP contribution in [0.4, 0.5) is 9.80 Å². The number of nitrogens with one attached hydrogen (secondary N) is 1. The Labute approximate surface area is 106 Å². The van der Waals surface area contributed by atoms with Gasteiger partial charge < -0.3 is 4.90 Å². The largest absolute Gasteiger partial charge is 0.331 e. The highest BCUT2D eigenvalue weighted by molar-refractivity contribution is 7.14. The van der Waals surface area contributed by atoms with E-state index in [0.29, 0.717) is 10.6 Å². The van der Waals surface area contributed by atoms with Gasteiger partial charge in [0.1, 0.15) is 11.1 Å². The molecule has 0 aliphatic heterocycles. The predicted octanol–water partition coefficient (Wildman–Crippen LogP) is 3.01. The Morgan fingerprint density at radius 1 is 1.47 bits per heavy atom. The summed E-state index contributed by atoms with van der Waals surface area (Å²) in [5.41, 5.74) is 1.44. The van der Waals surface area contributed by atoms with Gasteiger partial charge >= 0.3 is 6.03 Å². The molecule has 0 saturated heterocycles. The van der Waals surface area contributed by atoms with E-state index in [9.17, 15) is 10.1 Å². The number of carbonyl (C=O) groups is 1. The highest BCUT2D eigenvalue weighted by atomic mass is 32.1. The van der Waals surface area contributed by atoms with Crippen molar-refractivity contribution in [3.8, 4) is 6.07 Å². The predicted molar refractivity (Wildman–Crippen MR) is 70.4 cm³/mol. The van der Waals surface area contributed by atoms with Crippen molar-refractivity contribution in [2.75, 3.05) is 19.4 Å². The number of nitriles is 1. The minimum atomic E-state index is -0.219. The molecule has 1 rings (SSSR count). The van der Waals surface area contributed by atoms with Gasteiger partial charge in [0.25, 0.3) is 0 Å². The first-order chi connectivity index (χ1) is 7.77. The summed E-state index contributed by atoms with van der Waals surface area (Å²) in [7, 11) is 3.33. The molecule has 0 radical (unpaired) electrons. The van der Waals surface area contributed by atoms with E-state index >= 15 is 0 Å². The summed E-state index contributed by atoms with van der Waals surface area (Å²) in [6.45, 7) is 6.15. The van der Waals surface area contributed by atoms with Gasteiger partial charge in [0, 0.05) is 14.1 Å². The van der Waals surface area contributed by atoms with Crippen LogP contribution in [0.2, 0.25) is 0 Å². The van der Waals surface area contributed by atoms with Crippen molar-refractivity contribution in [1.29, 1.82) is 5.26 Å². The van der Waals surface area contributed by atoms with Crippen molar-refractivity contribution in [2.45, 2.75) is 26.2 Å². The van der Waals surface area contributed by atoms with Crippen LogP contribution in [0.3, 0.4) is 0 Å². The average Bonchev–Trinajstić information content (AvgIpc) is 2.59. The molecule has 1 aromatic heterocycles. The van der Waals surface area contributed by atoms with Crippen LogP contribution in [0.5, 0.6) is 0 Å². The Morgan fingerprint density at radius 3 is 2.47 bits per heavy atom. The molecule has 1 aromatic rings. The van der Waals surface area contributed by atoms with Crippen LogP contribution in [0, 0.1) is 11.3 Å². The normalized spacial score (nSPS) is 10.8. The molecule has 0 aliphatic rings. The zero-order chi connectivity index (χ0) is 13.2. The lowest BCUT2D eigenvalue weighted by Crippen LogP contribution is -2.27. The molecule has 4 nitrogen and oxygen atoms in total. The molecule has 5 heteroatoms. The van der Waals surface area contributed by atoms with Crippen LogP contribution < -0.4 is 5.32 Å². The second kappa shape index (κ2) is 4.76. The summed E-state index contributed by atoms with van der Waals surface area (Å²) >= 11 is 1.39. The summed E-state index contributed by atoms with van der Waals surface area (Å²) < 4.78 is 0. The third-order valence-corrected chi connectivity index (χ3v) is 3.23. The molecule has 1 heterocycles. The quantitative estimate of drug-likeness (QED) is 0.834. The van der Waals surface area contributed by atoms with Crippen LogP contribution in [-0.2, 0) is 5.41 Å². The van der Waals surface area contributed by atoms with Crippen molar-refractivity contribution >= 4 is 22.4 Å². The summed E-state index contributed by atoms with van der Waals surface area (Å²) in [5.74, 6) is 0. The Kier molecular flexibility index (Phi) is 3.79. The number of hydrogen-bond acceptors (Lipinski definition) is 3. The molecular formula is C12H17N3OS. The van der Waals surface area contributed by atoms with Gasteiger partial charge in [0.15, 0.2) is 0 Å². The lowest BCUT2D eigenvalue weighted by Gasteiger charge is -2.17. The van der Waals surface area contributed by atoms with Crippen molar-refractivity contribution in [2.24, 2.45) is 0 Å². The van der Waals surface area contributed by atoms with E-state index in [1.54, 1.807) is 14.1 Å². The molecule has 0 fully saturated rings. The third-order valence-electron chi connectivity index (χ3n) is 2.34. The molecular weight excluding hydrogens is 234 g/mol. The first kappa shape index (κ1) is 13.5. The molecule has 2 amide bonds. The Hall–Kier alpha value is -1.54. The van der Waals surface area contributed by atoms with Crippen LogP contribution in [-0.4, -0.2) is 25.0 Å². The second-order valence-electron chi connectivity index (χ2n) is 5.04. The van der Waals surface area contributed by atoms with E-state index in [2.05, 4.69) is 11.4 Å². The maximum Gasteiger partial charge on any atom is 0.321 e. The van der Waals surface area contributed by atoms with E-state index in [0.717, 1.165) is 5.56 Å². The van der Waals surface area contributed by atoms with Gasteiger partial charge in [-0.1, -0.05) is 20.8 Å². The lowest BCUT2D eigenvalue weighted by molar-refractivity contribution is 0.231. The fraction of sp³-hybridized carbons (Fsp3) is 0.500. The maximum absolute atomic E-state index is 11.6. The summed E-state index contributed by atoms with van der Waals surface area (Å²) in [4.78, 5) is 13.0. The number of rotatable bonds is 1. The standard InChI is InChI=1S/C12H17N3OS/c1-12(2,3)9-7-17-10(8(9)6-13)14-11(16)15(4)5/h7H,1-5H3,(H,14,16). The minimum Gasteiger partial charge on any atom is -0.331 e. The van der Waals surface area contributed by atoms with Gasteiger partial charge in [-0.15, -0.1) is 11.3 Å². The van der Waals surface area contributed by atoms with Crippen molar-refractivity contribution < 1.29 is 4.79 Å². The average molecular weight is 251 g/mol. The number of nitrogens with zero attached hydrogens (tertiary/aromatic N) is 2. The molecule has 0 aliphatic carbocycles. The van der Waals surface area contributed by atoms with Gasteiger partial charge in [0.2, 0.25) is 0 Å². The highest BCUT2D eigenvalue weighted by Gasteiger charge is 2.23. The topological polar surface area (TPSA) is 56.1 Å². The highest BCUT2D eigenvalue weighted by Crippen LogP contribution is 2.35. The third kappa shape index (κ3) is 2.98.